The Balaban J connectivity index is 2.11. The van der Waals surface area contributed by atoms with Crippen LogP contribution < -0.4 is 5.56 Å². The van der Waals surface area contributed by atoms with Gasteiger partial charge in [-0.3, -0.25) is 4.79 Å². The third-order valence-corrected chi connectivity index (χ3v) is 2.90. The van der Waals surface area contributed by atoms with E-state index in [0.29, 0.717) is 13.1 Å². The highest BCUT2D eigenvalue weighted by molar-refractivity contribution is 14.1. The van der Waals surface area contributed by atoms with Crippen LogP contribution in [0.15, 0.2) is 29.5 Å². The molecule has 2 aromatic rings. The van der Waals surface area contributed by atoms with Crippen molar-refractivity contribution in [2.75, 3.05) is 0 Å². The van der Waals surface area contributed by atoms with Gasteiger partial charge in [-0.05, 0) is 29.5 Å². The van der Waals surface area contributed by atoms with Crippen LogP contribution in [0.1, 0.15) is 5.82 Å². The van der Waals surface area contributed by atoms with E-state index in [9.17, 15) is 4.79 Å². The lowest BCUT2D eigenvalue weighted by Crippen LogP contribution is -2.24. The minimum atomic E-state index is -0.0651. The molecule has 16 heavy (non-hydrogen) atoms. The van der Waals surface area contributed by atoms with E-state index in [2.05, 4.69) is 32.7 Å². The first-order valence-electron chi connectivity index (χ1n) is 4.87. The fourth-order valence-electron chi connectivity index (χ4n) is 1.42. The van der Waals surface area contributed by atoms with Crippen molar-refractivity contribution in [1.29, 1.82) is 0 Å². The van der Waals surface area contributed by atoms with Crippen molar-refractivity contribution in [3.8, 4) is 0 Å². The van der Waals surface area contributed by atoms with Crippen molar-refractivity contribution < 1.29 is 0 Å². The van der Waals surface area contributed by atoms with Crippen LogP contribution in [-0.4, -0.2) is 19.3 Å². The summed E-state index contributed by atoms with van der Waals surface area (Å²) in [6, 6.07) is 1.58. The minimum Gasteiger partial charge on any atom is -0.333 e. The van der Waals surface area contributed by atoms with Gasteiger partial charge in [-0.25, -0.2) is 9.67 Å². The van der Waals surface area contributed by atoms with Crippen molar-refractivity contribution in [2.45, 2.75) is 20.0 Å². The zero-order chi connectivity index (χ0) is 11.5. The quantitative estimate of drug-likeness (QED) is 0.791. The largest absolute Gasteiger partial charge is 0.333 e. The van der Waals surface area contributed by atoms with Crippen LogP contribution in [-0.2, 0) is 13.1 Å². The summed E-state index contributed by atoms with van der Waals surface area (Å²) >= 11 is 2.08. The fraction of sp³-hybridized carbons (Fsp3) is 0.300. The molecule has 0 fully saturated rings. The zero-order valence-electron chi connectivity index (χ0n) is 8.80. The Labute approximate surface area is 106 Å². The second kappa shape index (κ2) is 4.77. The lowest BCUT2D eigenvalue weighted by Gasteiger charge is -2.06. The summed E-state index contributed by atoms with van der Waals surface area (Å²) in [5.74, 6) is 0.943. The Hall–Kier alpha value is -1.18. The molecule has 0 aliphatic carbocycles. The van der Waals surface area contributed by atoms with Crippen molar-refractivity contribution in [2.24, 2.45) is 0 Å². The third-order valence-electron chi connectivity index (χ3n) is 2.31. The van der Waals surface area contributed by atoms with Crippen LogP contribution in [0.3, 0.4) is 0 Å². The van der Waals surface area contributed by atoms with Gasteiger partial charge in [-0.1, -0.05) is 0 Å². The molecular formula is C10H11IN4O. The van der Waals surface area contributed by atoms with Gasteiger partial charge in [0.15, 0.2) is 0 Å². The molecule has 5 nitrogen and oxygen atoms in total. The average Bonchev–Trinajstić information content (AvgIpc) is 2.63. The Morgan fingerprint density at radius 2 is 2.25 bits per heavy atom. The van der Waals surface area contributed by atoms with Crippen LogP contribution in [0.4, 0.5) is 0 Å². The van der Waals surface area contributed by atoms with E-state index >= 15 is 0 Å². The molecule has 0 bridgehead atoms. The van der Waals surface area contributed by atoms with Crippen LogP contribution in [0, 0.1) is 10.5 Å². The first-order chi connectivity index (χ1) is 7.66. The van der Waals surface area contributed by atoms with Crippen molar-refractivity contribution >= 4 is 22.6 Å². The molecule has 0 aromatic carbocycles. The summed E-state index contributed by atoms with van der Waals surface area (Å²) < 4.78 is 4.31. The molecule has 0 N–H and O–H groups in total. The number of halogens is 1. The van der Waals surface area contributed by atoms with Crippen molar-refractivity contribution in [3.05, 3.63) is 44.4 Å². The summed E-state index contributed by atoms with van der Waals surface area (Å²) in [5.41, 5.74) is -0.0651. The number of nitrogens with zero attached hydrogens (tertiary/aromatic N) is 4. The van der Waals surface area contributed by atoms with Gasteiger partial charge in [0.2, 0.25) is 0 Å². The minimum absolute atomic E-state index is 0.0651. The lowest BCUT2D eigenvalue weighted by molar-refractivity contribution is 0.503. The molecule has 0 aliphatic heterocycles. The zero-order valence-corrected chi connectivity index (χ0v) is 11.0. The molecule has 0 aliphatic rings. The van der Waals surface area contributed by atoms with Gasteiger partial charge in [-0.2, -0.15) is 5.10 Å². The average molecular weight is 330 g/mol. The summed E-state index contributed by atoms with van der Waals surface area (Å²) in [4.78, 5) is 15.7. The normalized spacial score (nSPS) is 10.6. The van der Waals surface area contributed by atoms with Gasteiger partial charge in [0, 0.05) is 28.6 Å². The van der Waals surface area contributed by atoms with Crippen LogP contribution in [0.2, 0.25) is 0 Å². The number of aryl methyl sites for hydroxylation is 3. The second-order valence-electron chi connectivity index (χ2n) is 3.40. The van der Waals surface area contributed by atoms with Gasteiger partial charge in [-0.15, -0.1) is 0 Å². The predicted molar refractivity (Wildman–Crippen MR) is 68.2 cm³/mol. The molecule has 2 rings (SSSR count). The molecule has 0 saturated carbocycles. The molecule has 2 aromatic heterocycles. The van der Waals surface area contributed by atoms with Crippen LogP contribution in [0.5, 0.6) is 0 Å². The van der Waals surface area contributed by atoms with E-state index in [4.69, 9.17) is 0 Å². The molecule has 0 radical (unpaired) electrons. The van der Waals surface area contributed by atoms with E-state index in [-0.39, 0.29) is 5.56 Å². The highest BCUT2D eigenvalue weighted by atomic mass is 127. The summed E-state index contributed by atoms with van der Waals surface area (Å²) in [6.07, 6.45) is 5.33. The molecule has 0 spiro atoms. The standard InChI is InChI=1S/C10H11IN4O/c1-8-12-2-3-14(8)4-5-15-10(16)6-9(11)7-13-15/h2-3,6-7H,4-5H2,1H3. The Morgan fingerprint density at radius 3 is 2.88 bits per heavy atom. The smallest absolute Gasteiger partial charge is 0.267 e. The molecule has 84 valence electrons. The van der Waals surface area contributed by atoms with E-state index in [1.54, 1.807) is 18.5 Å². The van der Waals surface area contributed by atoms with E-state index in [1.165, 1.54) is 4.68 Å². The number of hydrogen-bond donors (Lipinski definition) is 0. The van der Waals surface area contributed by atoms with Crippen molar-refractivity contribution in [3.63, 3.8) is 0 Å². The monoisotopic (exact) mass is 330 g/mol. The van der Waals surface area contributed by atoms with Crippen molar-refractivity contribution in [1.82, 2.24) is 19.3 Å². The first kappa shape index (κ1) is 11.3. The summed E-state index contributed by atoms with van der Waals surface area (Å²) in [5, 5.41) is 4.07. The van der Waals surface area contributed by atoms with E-state index in [0.717, 1.165) is 9.39 Å². The van der Waals surface area contributed by atoms with E-state index < -0.39 is 0 Å². The topological polar surface area (TPSA) is 52.7 Å². The maximum atomic E-state index is 11.6. The van der Waals surface area contributed by atoms with Crippen LogP contribution in [0.25, 0.3) is 0 Å². The molecule has 2 heterocycles. The lowest BCUT2D eigenvalue weighted by atomic mass is 10.5. The summed E-state index contributed by atoms with van der Waals surface area (Å²) in [6.45, 7) is 3.20. The molecule has 0 atom stereocenters. The highest BCUT2D eigenvalue weighted by Gasteiger charge is 2.00. The summed E-state index contributed by atoms with van der Waals surface area (Å²) in [7, 11) is 0. The molecular weight excluding hydrogens is 319 g/mol. The first-order valence-corrected chi connectivity index (χ1v) is 5.95. The Morgan fingerprint density at radius 1 is 1.44 bits per heavy atom. The Kier molecular flexibility index (Phi) is 3.37. The molecule has 6 heteroatoms. The SMILES string of the molecule is Cc1nccn1CCn1ncc(I)cc1=O. The highest BCUT2D eigenvalue weighted by Crippen LogP contribution is 1.98. The number of rotatable bonds is 3. The van der Waals surface area contributed by atoms with Gasteiger partial charge in [0.05, 0.1) is 12.7 Å². The van der Waals surface area contributed by atoms with Gasteiger partial charge >= 0.3 is 0 Å². The number of aromatic nitrogens is 4. The molecule has 0 amide bonds. The van der Waals surface area contributed by atoms with Gasteiger partial charge in [0.25, 0.3) is 5.56 Å². The molecule has 0 saturated heterocycles. The fourth-order valence-corrected chi connectivity index (χ4v) is 1.81. The van der Waals surface area contributed by atoms with E-state index in [1.807, 2.05) is 17.7 Å². The number of hydrogen-bond acceptors (Lipinski definition) is 3. The predicted octanol–water partition coefficient (Wildman–Crippen LogP) is 1.05. The van der Waals surface area contributed by atoms with Crippen LogP contribution >= 0.6 is 22.6 Å². The van der Waals surface area contributed by atoms with Gasteiger partial charge in [0.1, 0.15) is 5.82 Å². The third kappa shape index (κ3) is 2.49. The Bertz CT molecular complexity index is 546. The second-order valence-corrected chi connectivity index (χ2v) is 4.65. The number of imidazole rings is 1. The van der Waals surface area contributed by atoms with Gasteiger partial charge < -0.3 is 4.57 Å². The maximum absolute atomic E-state index is 11.6. The molecule has 0 unspecified atom stereocenters. The maximum Gasteiger partial charge on any atom is 0.267 e.